The zero-order valence-corrected chi connectivity index (χ0v) is 21.1. The molecule has 2 aromatic carbocycles. The molecule has 0 spiro atoms. The fourth-order valence-corrected chi connectivity index (χ4v) is 2.47. The van der Waals surface area contributed by atoms with Crippen molar-refractivity contribution in [3.63, 3.8) is 0 Å². The van der Waals surface area contributed by atoms with E-state index < -0.39 is 41.1 Å². The van der Waals surface area contributed by atoms with Crippen LogP contribution in [-0.2, 0) is 20.8 Å². The Balaban J connectivity index is 0.000000548. The molecule has 232 valence electrons. The summed E-state index contributed by atoms with van der Waals surface area (Å²) in [6.07, 6.45) is -8.76. The number of carbonyl (C=O) groups excluding carboxylic acids is 1. The van der Waals surface area contributed by atoms with Gasteiger partial charge in [-0.2, -0.15) is 26.3 Å². The van der Waals surface area contributed by atoms with Gasteiger partial charge in [-0.25, -0.2) is 19.0 Å². The summed E-state index contributed by atoms with van der Waals surface area (Å²) in [6, 6.07) is 14.2. The Hall–Kier alpha value is -5.33. The number of aromatic nitrogens is 1. The van der Waals surface area contributed by atoms with Crippen LogP contribution in [0.3, 0.4) is 0 Å². The summed E-state index contributed by atoms with van der Waals surface area (Å²) in [5, 5.41) is 27.5. The van der Waals surface area contributed by atoms with Crippen molar-refractivity contribution in [2.75, 3.05) is 5.32 Å². The normalized spacial score (nSPS) is 11.4. The number of rotatable bonds is 7. The zero-order valence-electron chi connectivity index (χ0n) is 21.1. The third kappa shape index (κ3) is 13.7. The highest BCUT2D eigenvalue weighted by Gasteiger charge is 2.38. The van der Waals surface area contributed by atoms with E-state index in [0.29, 0.717) is 17.9 Å². The zero-order chi connectivity index (χ0) is 33.0. The Morgan fingerprint density at radius 1 is 0.907 bits per heavy atom. The number of benzene rings is 2. The second kappa shape index (κ2) is 15.6. The molecule has 0 aliphatic carbocycles. The number of ether oxygens (including phenoxy) is 1. The van der Waals surface area contributed by atoms with Crippen molar-refractivity contribution >= 4 is 29.2 Å². The van der Waals surface area contributed by atoms with Gasteiger partial charge in [-0.3, -0.25) is 14.9 Å². The Morgan fingerprint density at radius 2 is 1.40 bits per heavy atom. The van der Waals surface area contributed by atoms with E-state index in [1.165, 1.54) is 36.4 Å². The van der Waals surface area contributed by atoms with Crippen molar-refractivity contribution in [2.24, 2.45) is 5.73 Å². The van der Waals surface area contributed by atoms with Crippen LogP contribution in [-0.4, -0.2) is 56.4 Å². The van der Waals surface area contributed by atoms with E-state index in [1.807, 2.05) is 0 Å². The highest BCUT2D eigenvalue weighted by Crippen LogP contribution is 2.22. The lowest BCUT2D eigenvalue weighted by Crippen LogP contribution is -2.37. The molecular weight excluding hydrogens is 605 g/mol. The molecule has 1 heterocycles. The number of carboxylic acids is 2. The summed E-state index contributed by atoms with van der Waals surface area (Å²) in [4.78, 5) is 43.9. The van der Waals surface area contributed by atoms with Crippen LogP contribution in [0.4, 0.5) is 42.1 Å². The molecule has 0 saturated carbocycles. The predicted molar refractivity (Wildman–Crippen MR) is 131 cm³/mol. The van der Waals surface area contributed by atoms with Crippen molar-refractivity contribution in [3.05, 3.63) is 88.4 Å². The number of anilines is 1. The van der Waals surface area contributed by atoms with Gasteiger partial charge < -0.3 is 26.0 Å². The molecule has 0 saturated heterocycles. The quantitative estimate of drug-likeness (QED) is 0.163. The molecule has 0 radical (unpaired) electrons. The van der Waals surface area contributed by atoms with Crippen molar-refractivity contribution in [2.45, 2.75) is 24.8 Å². The van der Waals surface area contributed by atoms with Gasteiger partial charge in [0.2, 0.25) is 11.8 Å². The number of nitrogens with one attached hydrogen (secondary N) is 1. The smallest absolute Gasteiger partial charge is 0.475 e. The minimum absolute atomic E-state index is 0.124. The second-order valence-electron chi connectivity index (χ2n) is 7.77. The number of hydrogen-bond donors (Lipinski definition) is 4. The Morgan fingerprint density at radius 3 is 1.79 bits per heavy atom. The van der Waals surface area contributed by atoms with Crippen molar-refractivity contribution < 1.29 is 65.0 Å². The maximum atomic E-state index is 12.9. The number of hydrogen-bond acceptors (Lipinski definition) is 8. The summed E-state index contributed by atoms with van der Waals surface area (Å²) >= 11 is 0. The van der Waals surface area contributed by atoms with E-state index in [2.05, 4.69) is 10.3 Å². The van der Waals surface area contributed by atoms with Gasteiger partial charge in [0.15, 0.2) is 0 Å². The lowest BCUT2D eigenvalue weighted by Gasteiger charge is -2.13. The van der Waals surface area contributed by atoms with E-state index in [9.17, 15) is 45.6 Å². The molecule has 19 heteroatoms. The topological polar surface area (TPSA) is 195 Å². The highest BCUT2D eigenvalue weighted by molar-refractivity contribution is 5.94. The number of halogens is 7. The first-order valence-electron chi connectivity index (χ1n) is 11.1. The van der Waals surface area contributed by atoms with E-state index in [1.54, 1.807) is 24.3 Å². The summed E-state index contributed by atoms with van der Waals surface area (Å²) in [6.45, 7) is 0. The third-order valence-electron chi connectivity index (χ3n) is 4.47. The first-order valence-corrected chi connectivity index (χ1v) is 11.1. The maximum absolute atomic E-state index is 12.9. The summed E-state index contributed by atoms with van der Waals surface area (Å²) in [5.41, 5.74) is 7.10. The van der Waals surface area contributed by atoms with Gasteiger partial charge in [0, 0.05) is 17.8 Å². The summed E-state index contributed by atoms with van der Waals surface area (Å²) < 4.78 is 81.9. The monoisotopic (exact) mass is 624 g/mol. The minimum Gasteiger partial charge on any atom is -0.475 e. The van der Waals surface area contributed by atoms with Gasteiger partial charge in [-0.15, -0.1) is 0 Å². The van der Waals surface area contributed by atoms with Gasteiger partial charge in [-0.05, 0) is 48.4 Å². The van der Waals surface area contributed by atoms with E-state index >= 15 is 0 Å². The fraction of sp³-hybridized carbons (Fsp3) is 0.167. The molecule has 1 aromatic heterocycles. The van der Waals surface area contributed by atoms with Crippen LogP contribution >= 0.6 is 0 Å². The Kier molecular flexibility index (Phi) is 13.0. The molecular formula is C24H19F7N4O8. The molecule has 0 unspecified atom stereocenters. The van der Waals surface area contributed by atoms with Crippen molar-refractivity contribution in [1.29, 1.82) is 0 Å². The number of nitrogens with zero attached hydrogens (tertiary/aromatic N) is 2. The molecule has 1 amide bonds. The molecule has 43 heavy (non-hydrogen) atoms. The molecule has 0 aliphatic heterocycles. The minimum atomic E-state index is -5.08. The number of alkyl halides is 6. The lowest BCUT2D eigenvalue weighted by atomic mass is 10.1. The summed E-state index contributed by atoms with van der Waals surface area (Å²) in [7, 11) is 0. The largest absolute Gasteiger partial charge is 0.490 e. The molecule has 0 fully saturated rings. The average molecular weight is 624 g/mol. The molecule has 3 rings (SSSR count). The van der Waals surface area contributed by atoms with Gasteiger partial charge in [0.05, 0.1) is 11.0 Å². The SMILES string of the molecule is N[C@@H](Cc1ccc(Oc2ccc([N+](=O)[O-])cn2)cc1)C(=O)Nc1ccc(F)cc1.O=C(O)C(F)(F)F.O=C(O)C(F)(F)F. The number of nitro groups is 1. The molecule has 0 aliphatic rings. The van der Waals surface area contributed by atoms with Gasteiger partial charge in [0.1, 0.15) is 17.8 Å². The Labute approximate surface area is 235 Å². The number of pyridine rings is 1. The third-order valence-corrected chi connectivity index (χ3v) is 4.47. The first-order chi connectivity index (χ1) is 19.8. The Bertz CT molecular complexity index is 1360. The maximum Gasteiger partial charge on any atom is 0.490 e. The molecule has 12 nitrogen and oxygen atoms in total. The standard InChI is InChI=1S/C20H17FN4O4.2C2HF3O2/c21-14-3-5-15(6-4-14)24-20(26)18(22)11-13-1-8-17(9-2-13)29-19-10-7-16(12-23-19)25(27)28;2*3-2(4,5)1(6)7/h1-10,12,18H,11,22H2,(H,24,26);2*(H,6,7)/t18-;;/m0../s1. The predicted octanol–water partition coefficient (Wildman–Crippen LogP) is 4.70. The van der Waals surface area contributed by atoms with E-state index in [4.69, 9.17) is 30.3 Å². The van der Waals surface area contributed by atoms with Crippen LogP contribution in [0, 0.1) is 15.9 Å². The molecule has 1 atom stereocenters. The lowest BCUT2D eigenvalue weighted by molar-refractivity contribution is -0.385. The number of amides is 1. The first kappa shape index (κ1) is 35.7. The van der Waals surface area contributed by atoms with E-state index in [-0.39, 0.29) is 17.5 Å². The fourth-order valence-electron chi connectivity index (χ4n) is 2.47. The van der Waals surface area contributed by atoms with Crippen LogP contribution in [0.25, 0.3) is 0 Å². The van der Waals surface area contributed by atoms with Gasteiger partial charge >= 0.3 is 24.3 Å². The van der Waals surface area contributed by atoms with Gasteiger partial charge in [0.25, 0.3) is 5.69 Å². The highest BCUT2D eigenvalue weighted by atomic mass is 19.4. The number of aliphatic carboxylic acids is 2. The molecule has 0 bridgehead atoms. The summed E-state index contributed by atoms with van der Waals surface area (Å²) in [5.74, 6) is -5.58. The van der Waals surface area contributed by atoms with E-state index in [0.717, 1.165) is 11.8 Å². The van der Waals surface area contributed by atoms with Crippen LogP contribution < -0.4 is 15.8 Å². The number of nitrogens with two attached hydrogens (primary N) is 1. The van der Waals surface area contributed by atoms with Crippen molar-refractivity contribution in [1.82, 2.24) is 4.98 Å². The van der Waals surface area contributed by atoms with Crippen LogP contribution in [0.2, 0.25) is 0 Å². The average Bonchev–Trinajstić information content (AvgIpc) is 2.91. The molecule has 3 aromatic rings. The van der Waals surface area contributed by atoms with Gasteiger partial charge in [-0.1, -0.05) is 12.1 Å². The van der Waals surface area contributed by atoms with Crippen LogP contribution in [0.15, 0.2) is 66.9 Å². The van der Waals surface area contributed by atoms with Crippen molar-refractivity contribution in [3.8, 4) is 11.6 Å². The van der Waals surface area contributed by atoms with Crippen LogP contribution in [0.1, 0.15) is 5.56 Å². The number of carbonyl (C=O) groups is 3. The number of carboxylic acid groups (broad SMARTS) is 2. The second-order valence-corrected chi connectivity index (χ2v) is 7.77. The molecule has 5 N–H and O–H groups in total. The van der Waals surface area contributed by atoms with Crippen LogP contribution in [0.5, 0.6) is 11.6 Å².